The molecule has 0 spiro atoms. The summed E-state index contributed by atoms with van der Waals surface area (Å²) in [6.07, 6.45) is 4.94. The lowest BCUT2D eigenvalue weighted by atomic mass is 9.78. The first-order chi connectivity index (χ1) is 8.29. The molecule has 1 fully saturated rings. The van der Waals surface area contributed by atoms with Gasteiger partial charge in [-0.3, -0.25) is 0 Å². The summed E-state index contributed by atoms with van der Waals surface area (Å²) < 4.78 is 27.3. The molecule has 2 atom stereocenters. The fourth-order valence-electron chi connectivity index (χ4n) is 2.67. The summed E-state index contributed by atoms with van der Waals surface area (Å²) in [7, 11) is -3.15. The normalized spacial score (nSPS) is 29.7. The zero-order valence-electron chi connectivity index (χ0n) is 11.7. The topological polar surface area (TPSA) is 46.2 Å². The van der Waals surface area contributed by atoms with E-state index in [0.29, 0.717) is 17.2 Å². The van der Waals surface area contributed by atoms with Crippen molar-refractivity contribution in [2.24, 2.45) is 11.8 Å². The van der Waals surface area contributed by atoms with E-state index in [1.54, 1.807) is 0 Å². The minimum atomic E-state index is -3.15. The number of hydrogen-bond donors (Lipinski definition) is 1. The van der Waals surface area contributed by atoms with Crippen molar-refractivity contribution < 1.29 is 8.42 Å². The van der Waals surface area contributed by atoms with Crippen LogP contribution in [0.15, 0.2) is 0 Å². The molecule has 0 bridgehead atoms. The molecule has 1 N–H and O–H groups in total. The van der Waals surface area contributed by atoms with Gasteiger partial charge in [0.2, 0.25) is 10.0 Å². The third-order valence-electron chi connectivity index (χ3n) is 3.68. The number of hydrogen-bond acceptors (Lipinski definition) is 2. The van der Waals surface area contributed by atoms with Crippen molar-refractivity contribution >= 4 is 26.0 Å². The fraction of sp³-hybridized carbons (Fsp3) is 1.00. The van der Waals surface area contributed by atoms with Gasteiger partial charge in [-0.05, 0) is 31.1 Å². The van der Waals surface area contributed by atoms with E-state index in [9.17, 15) is 8.42 Å². The number of nitrogens with one attached hydrogen (secondary N) is 1. The molecule has 0 aliphatic heterocycles. The number of alkyl halides is 1. The summed E-state index contributed by atoms with van der Waals surface area (Å²) >= 11 is 3.50. The summed E-state index contributed by atoms with van der Waals surface area (Å²) in [5.41, 5.74) is -0.256. The Hall–Kier alpha value is 0.390. The smallest absolute Gasteiger partial charge is 0.212 e. The van der Waals surface area contributed by atoms with Crippen molar-refractivity contribution in [2.45, 2.75) is 58.4 Å². The van der Waals surface area contributed by atoms with Gasteiger partial charge in [0.25, 0.3) is 0 Å². The molecule has 0 heterocycles. The van der Waals surface area contributed by atoms with Crippen molar-refractivity contribution in [3.05, 3.63) is 0 Å². The number of halogens is 1. The average Bonchev–Trinajstić information content (AvgIpc) is 2.26. The third-order valence-corrected chi connectivity index (χ3v) is 6.27. The second-order valence-electron chi connectivity index (χ2n) is 6.22. The number of rotatable bonds is 6. The van der Waals surface area contributed by atoms with Gasteiger partial charge in [0, 0.05) is 10.9 Å². The van der Waals surface area contributed by atoms with Gasteiger partial charge in [-0.1, -0.05) is 49.5 Å². The highest BCUT2D eigenvalue weighted by Gasteiger charge is 2.37. The molecule has 5 heteroatoms. The third kappa shape index (κ3) is 5.17. The van der Waals surface area contributed by atoms with E-state index < -0.39 is 10.0 Å². The molecule has 108 valence electrons. The Morgan fingerprint density at radius 2 is 2.11 bits per heavy atom. The molecule has 0 radical (unpaired) electrons. The van der Waals surface area contributed by atoms with Crippen LogP contribution in [0.5, 0.6) is 0 Å². The van der Waals surface area contributed by atoms with Crippen LogP contribution in [0.1, 0.15) is 52.9 Å². The lowest BCUT2D eigenvalue weighted by molar-refractivity contribution is 0.241. The SMILES string of the molecule is CC(C)CCS(=O)(=O)NC1(CBr)CCCC(C)C1. The van der Waals surface area contributed by atoms with Crippen LogP contribution in [0.4, 0.5) is 0 Å². The lowest BCUT2D eigenvalue weighted by Gasteiger charge is -2.39. The fourth-order valence-corrected chi connectivity index (χ4v) is 5.31. The van der Waals surface area contributed by atoms with Crippen LogP contribution in [0.2, 0.25) is 0 Å². The highest BCUT2D eigenvalue weighted by molar-refractivity contribution is 9.09. The Bertz CT molecular complexity index is 356. The predicted octanol–water partition coefficient (Wildman–Crippen LogP) is 3.30. The van der Waals surface area contributed by atoms with Gasteiger partial charge in [0.15, 0.2) is 0 Å². The van der Waals surface area contributed by atoms with Crippen LogP contribution in [0.3, 0.4) is 0 Å². The van der Waals surface area contributed by atoms with E-state index in [1.165, 1.54) is 6.42 Å². The first-order valence-electron chi connectivity index (χ1n) is 6.86. The van der Waals surface area contributed by atoms with E-state index in [2.05, 4.69) is 41.4 Å². The summed E-state index contributed by atoms with van der Waals surface area (Å²) in [6.45, 7) is 6.32. The molecule has 1 saturated carbocycles. The summed E-state index contributed by atoms with van der Waals surface area (Å²) in [6, 6.07) is 0. The van der Waals surface area contributed by atoms with E-state index in [-0.39, 0.29) is 11.3 Å². The van der Waals surface area contributed by atoms with Crippen molar-refractivity contribution in [1.29, 1.82) is 0 Å². The molecule has 0 aromatic rings. The molecular formula is C13H26BrNO2S. The quantitative estimate of drug-likeness (QED) is 0.754. The Balaban J connectivity index is 2.66. The molecule has 1 aliphatic rings. The van der Waals surface area contributed by atoms with Crippen LogP contribution in [-0.2, 0) is 10.0 Å². The Kier molecular flexibility index (Phi) is 6.13. The standard InChI is InChI=1S/C13H26BrNO2S/c1-11(2)6-8-18(16,17)15-13(10-14)7-4-5-12(3)9-13/h11-12,15H,4-10H2,1-3H3. The van der Waals surface area contributed by atoms with Crippen molar-refractivity contribution in [3.8, 4) is 0 Å². The van der Waals surface area contributed by atoms with Gasteiger partial charge in [-0.25, -0.2) is 13.1 Å². The maximum absolute atomic E-state index is 12.1. The van der Waals surface area contributed by atoms with Gasteiger partial charge in [0.05, 0.1) is 5.75 Å². The average molecular weight is 340 g/mol. The molecule has 18 heavy (non-hydrogen) atoms. The molecule has 0 aromatic carbocycles. The summed E-state index contributed by atoms with van der Waals surface area (Å²) in [5, 5.41) is 0.714. The van der Waals surface area contributed by atoms with E-state index in [0.717, 1.165) is 25.7 Å². The highest BCUT2D eigenvalue weighted by Crippen LogP contribution is 2.34. The van der Waals surface area contributed by atoms with Gasteiger partial charge in [0.1, 0.15) is 0 Å². The van der Waals surface area contributed by atoms with Crippen molar-refractivity contribution in [2.75, 3.05) is 11.1 Å². The molecule has 1 rings (SSSR count). The number of sulfonamides is 1. The Morgan fingerprint density at radius 1 is 1.44 bits per heavy atom. The molecule has 2 unspecified atom stereocenters. The molecular weight excluding hydrogens is 314 g/mol. The maximum Gasteiger partial charge on any atom is 0.212 e. The second-order valence-corrected chi connectivity index (χ2v) is 8.62. The minimum Gasteiger partial charge on any atom is -0.212 e. The molecule has 0 aromatic heterocycles. The first kappa shape index (κ1) is 16.4. The van der Waals surface area contributed by atoms with Gasteiger partial charge >= 0.3 is 0 Å². The predicted molar refractivity (Wildman–Crippen MR) is 80.5 cm³/mol. The molecule has 1 aliphatic carbocycles. The van der Waals surface area contributed by atoms with Crippen LogP contribution in [0, 0.1) is 11.8 Å². The Morgan fingerprint density at radius 3 is 2.61 bits per heavy atom. The van der Waals surface area contributed by atoms with Crippen LogP contribution >= 0.6 is 15.9 Å². The van der Waals surface area contributed by atoms with E-state index >= 15 is 0 Å². The second kappa shape index (κ2) is 6.71. The lowest BCUT2D eigenvalue weighted by Crippen LogP contribution is -2.53. The molecule has 3 nitrogen and oxygen atoms in total. The van der Waals surface area contributed by atoms with E-state index in [4.69, 9.17) is 0 Å². The summed E-state index contributed by atoms with van der Waals surface area (Å²) in [4.78, 5) is 0. The largest absolute Gasteiger partial charge is 0.212 e. The van der Waals surface area contributed by atoms with Crippen molar-refractivity contribution in [3.63, 3.8) is 0 Å². The van der Waals surface area contributed by atoms with Gasteiger partial charge in [-0.15, -0.1) is 0 Å². The highest BCUT2D eigenvalue weighted by atomic mass is 79.9. The first-order valence-corrected chi connectivity index (χ1v) is 9.63. The maximum atomic E-state index is 12.1. The Labute approximate surface area is 120 Å². The molecule has 0 saturated heterocycles. The zero-order chi connectivity index (χ0) is 13.8. The van der Waals surface area contributed by atoms with Crippen molar-refractivity contribution in [1.82, 2.24) is 4.72 Å². The van der Waals surface area contributed by atoms with Gasteiger partial charge < -0.3 is 0 Å². The van der Waals surface area contributed by atoms with Crippen LogP contribution < -0.4 is 4.72 Å². The minimum absolute atomic E-state index is 0.244. The summed E-state index contributed by atoms with van der Waals surface area (Å²) in [5.74, 6) is 1.27. The van der Waals surface area contributed by atoms with E-state index in [1.807, 2.05) is 0 Å². The van der Waals surface area contributed by atoms with Crippen LogP contribution in [-0.4, -0.2) is 25.0 Å². The zero-order valence-corrected chi connectivity index (χ0v) is 14.1. The molecule has 0 amide bonds. The van der Waals surface area contributed by atoms with Crippen LogP contribution in [0.25, 0.3) is 0 Å². The van der Waals surface area contributed by atoms with Gasteiger partial charge in [-0.2, -0.15) is 0 Å². The monoisotopic (exact) mass is 339 g/mol.